The molecule has 1 N–H and O–H groups in total. The van der Waals surface area contributed by atoms with E-state index in [-0.39, 0.29) is 17.2 Å². The number of rotatable bonds is 3. The monoisotopic (exact) mass is 306 g/mol. The second kappa shape index (κ2) is 6.13. The van der Waals surface area contributed by atoms with Crippen molar-refractivity contribution in [1.29, 1.82) is 0 Å². The minimum absolute atomic E-state index is 0.0611. The van der Waals surface area contributed by atoms with Crippen molar-refractivity contribution in [3.63, 3.8) is 0 Å². The lowest BCUT2D eigenvalue weighted by Gasteiger charge is -2.34. The largest absolute Gasteiger partial charge is 0.481 e. The van der Waals surface area contributed by atoms with Gasteiger partial charge in [-0.15, -0.1) is 0 Å². The van der Waals surface area contributed by atoms with Crippen LogP contribution in [0.25, 0.3) is 0 Å². The van der Waals surface area contributed by atoms with E-state index < -0.39 is 22.7 Å². The standard InChI is InChI=1S/C15H18N2O5/c1-9-4-3-5-12(13(9)17(21)22)14(18)16-7-6-11(15(19)20)10(2)8-16/h3-5,10-11H,6-8H2,1-2H3,(H,19,20). The molecule has 1 heterocycles. The van der Waals surface area contributed by atoms with E-state index in [2.05, 4.69) is 0 Å². The van der Waals surface area contributed by atoms with Crippen molar-refractivity contribution in [1.82, 2.24) is 4.90 Å². The fourth-order valence-electron chi connectivity index (χ4n) is 2.94. The molecule has 0 bridgehead atoms. The molecular weight excluding hydrogens is 288 g/mol. The molecule has 1 aliphatic rings. The zero-order chi connectivity index (χ0) is 16.4. The number of nitrogens with zero attached hydrogens (tertiary/aromatic N) is 2. The van der Waals surface area contributed by atoms with Crippen molar-refractivity contribution in [2.24, 2.45) is 11.8 Å². The van der Waals surface area contributed by atoms with Gasteiger partial charge in [0.2, 0.25) is 0 Å². The van der Waals surface area contributed by atoms with E-state index in [4.69, 9.17) is 5.11 Å². The highest BCUT2D eigenvalue weighted by atomic mass is 16.6. The first-order chi connectivity index (χ1) is 10.3. The molecule has 0 saturated carbocycles. The summed E-state index contributed by atoms with van der Waals surface area (Å²) < 4.78 is 0. The van der Waals surface area contributed by atoms with E-state index in [9.17, 15) is 19.7 Å². The predicted octanol–water partition coefficient (Wildman–Crippen LogP) is 2.09. The summed E-state index contributed by atoms with van der Waals surface area (Å²) in [6.07, 6.45) is 0.363. The van der Waals surface area contributed by atoms with Crippen molar-refractivity contribution in [3.8, 4) is 0 Å². The van der Waals surface area contributed by atoms with Gasteiger partial charge in [-0.3, -0.25) is 19.7 Å². The summed E-state index contributed by atoms with van der Waals surface area (Å²) in [4.78, 5) is 35.8. The Morgan fingerprint density at radius 3 is 2.64 bits per heavy atom. The molecule has 1 aromatic carbocycles. The summed E-state index contributed by atoms with van der Waals surface area (Å²) >= 11 is 0. The van der Waals surface area contributed by atoms with Gasteiger partial charge in [-0.1, -0.05) is 19.1 Å². The second-order valence-corrected chi connectivity index (χ2v) is 5.69. The van der Waals surface area contributed by atoms with Gasteiger partial charge in [-0.25, -0.2) is 0 Å². The lowest BCUT2D eigenvalue weighted by Crippen LogP contribution is -2.45. The third-order valence-corrected chi connectivity index (χ3v) is 4.16. The zero-order valence-electron chi connectivity index (χ0n) is 12.5. The number of hydrogen-bond donors (Lipinski definition) is 1. The minimum atomic E-state index is -0.860. The Balaban J connectivity index is 2.25. The van der Waals surface area contributed by atoms with Crippen molar-refractivity contribution < 1.29 is 19.6 Å². The number of likely N-dealkylation sites (tertiary alicyclic amines) is 1. The van der Waals surface area contributed by atoms with Crippen molar-refractivity contribution in [2.45, 2.75) is 20.3 Å². The van der Waals surface area contributed by atoms with Crippen molar-refractivity contribution >= 4 is 17.6 Å². The molecule has 2 atom stereocenters. The average molecular weight is 306 g/mol. The number of aryl methyl sites for hydroxylation is 1. The van der Waals surface area contributed by atoms with Crippen LogP contribution in [0.4, 0.5) is 5.69 Å². The van der Waals surface area contributed by atoms with E-state index in [0.29, 0.717) is 25.1 Å². The Labute approximate surface area is 127 Å². The molecule has 1 amide bonds. The number of aliphatic carboxylic acids is 1. The number of para-hydroxylation sites is 1. The van der Waals surface area contributed by atoms with Crippen LogP contribution in [0.15, 0.2) is 18.2 Å². The van der Waals surface area contributed by atoms with Gasteiger partial charge in [-0.2, -0.15) is 0 Å². The predicted molar refractivity (Wildman–Crippen MR) is 78.6 cm³/mol. The highest BCUT2D eigenvalue weighted by Gasteiger charge is 2.35. The van der Waals surface area contributed by atoms with Crippen LogP contribution < -0.4 is 0 Å². The lowest BCUT2D eigenvalue weighted by molar-refractivity contribution is -0.385. The van der Waals surface area contributed by atoms with Gasteiger partial charge in [0.15, 0.2) is 0 Å². The van der Waals surface area contributed by atoms with E-state index >= 15 is 0 Å². The third-order valence-electron chi connectivity index (χ3n) is 4.16. The SMILES string of the molecule is Cc1cccc(C(=O)N2CCC(C(=O)O)C(C)C2)c1[N+](=O)[O-]. The summed E-state index contributed by atoms with van der Waals surface area (Å²) in [7, 11) is 0. The summed E-state index contributed by atoms with van der Waals surface area (Å²) in [5.41, 5.74) is 0.316. The molecule has 22 heavy (non-hydrogen) atoms. The number of piperidine rings is 1. The maximum atomic E-state index is 12.6. The molecule has 7 nitrogen and oxygen atoms in total. The van der Waals surface area contributed by atoms with Crippen LogP contribution >= 0.6 is 0 Å². The number of carbonyl (C=O) groups is 2. The first kappa shape index (κ1) is 15.9. The highest BCUT2D eigenvalue weighted by molar-refractivity contribution is 5.98. The Morgan fingerprint density at radius 2 is 2.09 bits per heavy atom. The molecule has 2 unspecified atom stereocenters. The Morgan fingerprint density at radius 1 is 1.41 bits per heavy atom. The molecule has 1 fully saturated rings. The molecule has 118 valence electrons. The number of hydrogen-bond acceptors (Lipinski definition) is 4. The van der Waals surface area contributed by atoms with Gasteiger partial charge < -0.3 is 10.0 Å². The topological polar surface area (TPSA) is 101 Å². The molecule has 0 radical (unpaired) electrons. The first-order valence-corrected chi connectivity index (χ1v) is 7.09. The van der Waals surface area contributed by atoms with Gasteiger partial charge in [0.25, 0.3) is 11.6 Å². The van der Waals surface area contributed by atoms with Gasteiger partial charge >= 0.3 is 5.97 Å². The van der Waals surface area contributed by atoms with Gasteiger partial charge in [0.05, 0.1) is 10.8 Å². The first-order valence-electron chi connectivity index (χ1n) is 7.09. The number of carboxylic acid groups (broad SMARTS) is 1. The molecule has 2 rings (SSSR count). The summed E-state index contributed by atoms with van der Waals surface area (Å²) in [6.45, 7) is 3.96. The van der Waals surface area contributed by atoms with Gasteiger partial charge in [0.1, 0.15) is 5.56 Å². The van der Waals surface area contributed by atoms with E-state index in [1.165, 1.54) is 11.0 Å². The summed E-state index contributed by atoms with van der Waals surface area (Å²) in [5, 5.41) is 20.3. The molecular formula is C15H18N2O5. The van der Waals surface area contributed by atoms with Crippen LogP contribution in [0, 0.1) is 28.9 Å². The van der Waals surface area contributed by atoms with Gasteiger partial charge in [0, 0.05) is 18.7 Å². The Bertz CT molecular complexity index is 628. The molecule has 1 aromatic rings. The number of nitro benzene ring substituents is 1. The Kier molecular flexibility index (Phi) is 4.44. The number of nitro groups is 1. The van der Waals surface area contributed by atoms with E-state index in [1.807, 2.05) is 0 Å². The summed E-state index contributed by atoms with van der Waals surface area (Å²) in [6, 6.07) is 4.65. The van der Waals surface area contributed by atoms with Crippen molar-refractivity contribution in [3.05, 3.63) is 39.4 Å². The maximum absolute atomic E-state index is 12.6. The van der Waals surface area contributed by atoms with Crippen LogP contribution in [0.5, 0.6) is 0 Å². The fraction of sp³-hybridized carbons (Fsp3) is 0.467. The molecule has 1 aliphatic heterocycles. The lowest BCUT2D eigenvalue weighted by atomic mass is 9.86. The summed E-state index contributed by atoms with van der Waals surface area (Å²) in [5.74, 6) is -1.93. The Hall–Kier alpha value is -2.44. The van der Waals surface area contributed by atoms with Crippen LogP contribution in [0.3, 0.4) is 0 Å². The fourth-order valence-corrected chi connectivity index (χ4v) is 2.94. The molecule has 0 aliphatic carbocycles. The van der Waals surface area contributed by atoms with Crippen molar-refractivity contribution in [2.75, 3.05) is 13.1 Å². The number of amides is 1. The number of carbonyl (C=O) groups excluding carboxylic acids is 1. The van der Waals surface area contributed by atoms with Crippen LogP contribution in [-0.2, 0) is 4.79 Å². The van der Waals surface area contributed by atoms with Crippen LogP contribution in [0.2, 0.25) is 0 Å². The third kappa shape index (κ3) is 2.93. The quantitative estimate of drug-likeness (QED) is 0.680. The second-order valence-electron chi connectivity index (χ2n) is 5.69. The average Bonchev–Trinajstić information content (AvgIpc) is 2.45. The number of carboxylic acids is 1. The molecule has 7 heteroatoms. The van der Waals surface area contributed by atoms with Crippen LogP contribution in [0.1, 0.15) is 29.3 Å². The molecule has 1 saturated heterocycles. The molecule has 0 aromatic heterocycles. The van der Waals surface area contributed by atoms with E-state index in [1.54, 1.807) is 26.0 Å². The smallest absolute Gasteiger partial charge is 0.306 e. The number of benzene rings is 1. The minimum Gasteiger partial charge on any atom is -0.481 e. The zero-order valence-corrected chi connectivity index (χ0v) is 12.5. The van der Waals surface area contributed by atoms with E-state index in [0.717, 1.165) is 0 Å². The maximum Gasteiger partial charge on any atom is 0.306 e. The highest BCUT2D eigenvalue weighted by Crippen LogP contribution is 2.28. The molecule has 0 spiro atoms. The van der Waals surface area contributed by atoms with Gasteiger partial charge in [-0.05, 0) is 25.3 Å². The normalized spacial score (nSPS) is 21.5. The van der Waals surface area contributed by atoms with Crippen LogP contribution in [-0.4, -0.2) is 39.9 Å².